The predicted molar refractivity (Wildman–Crippen MR) is 96.7 cm³/mol. The molecular formula is C16H18Cl2N3O2S+. The summed E-state index contributed by atoms with van der Waals surface area (Å²) in [5.74, 6) is 0.371. The minimum Gasteiger partial charge on any atom is -0.317 e. The second kappa shape index (κ2) is 7.70. The van der Waals surface area contributed by atoms with Crippen LogP contribution >= 0.6 is 35.8 Å². The molecule has 1 saturated heterocycles. The summed E-state index contributed by atoms with van der Waals surface area (Å²) in [6.45, 7) is 2.71. The number of halogens is 2. The lowest BCUT2D eigenvalue weighted by atomic mass is 10.0. The number of hydrogen-bond acceptors (Lipinski definition) is 4. The van der Waals surface area contributed by atoms with Gasteiger partial charge >= 0.3 is 0 Å². The molecule has 0 unspecified atom stereocenters. The number of fused-ring (bicyclic) bond motifs is 1. The highest BCUT2D eigenvalue weighted by Crippen LogP contribution is 2.40. The quantitative estimate of drug-likeness (QED) is 0.483. The number of nitrogens with zero attached hydrogens (tertiary/aromatic N) is 2. The van der Waals surface area contributed by atoms with Crippen molar-refractivity contribution < 1.29 is 14.2 Å². The van der Waals surface area contributed by atoms with Gasteiger partial charge in [0.1, 0.15) is 17.1 Å². The molecule has 2 N–H and O–H groups in total. The van der Waals surface area contributed by atoms with E-state index in [-0.39, 0.29) is 29.4 Å². The van der Waals surface area contributed by atoms with E-state index in [0.29, 0.717) is 12.3 Å². The van der Waals surface area contributed by atoms with Crippen LogP contribution in [0.4, 0.5) is 0 Å². The summed E-state index contributed by atoms with van der Waals surface area (Å²) >= 11 is 7.26. The van der Waals surface area contributed by atoms with E-state index in [1.54, 1.807) is 11.8 Å². The molecule has 0 aromatic carbocycles. The molecule has 0 saturated carbocycles. The van der Waals surface area contributed by atoms with Crippen molar-refractivity contribution in [1.29, 1.82) is 0 Å². The number of allylic oxidation sites excluding steroid dienone is 3. The minimum atomic E-state index is -0.612. The van der Waals surface area contributed by atoms with Gasteiger partial charge in [-0.05, 0) is 23.3 Å². The third-order valence-corrected chi connectivity index (χ3v) is 5.52. The Labute approximate surface area is 155 Å². The van der Waals surface area contributed by atoms with E-state index in [2.05, 4.69) is 4.57 Å². The lowest BCUT2D eigenvalue weighted by molar-refractivity contribution is -0.693. The normalized spacial score (nSPS) is 23.0. The first-order valence-corrected chi connectivity index (χ1v) is 8.68. The Balaban J connectivity index is 0.00000208. The Bertz CT molecular complexity index is 736. The Kier molecular flexibility index (Phi) is 6.09. The number of β-lactam (4-membered cyclic amide) rings is 1. The van der Waals surface area contributed by atoms with E-state index in [1.165, 1.54) is 4.90 Å². The highest BCUT2D eigenvalue weighted by atomic mass is 35.5. The smallest absolute Gasteiger partial charge is 0.269 e. The van der Waals surface area contributed by atoms with Crippen molar-refractivity contribution in [3.05, 3.63) is 53.5 Å². The van der Waals surface area contributed by atoms with Crippen LogP contribution in [0.2, 0.25) is 0 Å². The SMILES string of the molecule is Cc1cccc[n+]1C/C=C/C1=C(C(=O)Cl)N2C(=O)[C@@H](N)[C@H]2SC1.Cl. The van der Waals surface area contributed by atoms with Crippen molar-refractivity contribution in [2.24, 2.45) is 5.73 Å². The Morgan fingerprint density at radius 1 is 1.54 bits per heavy atom. The number of carbonyl (C=O) groups excluding carboxylic acids is 2. The summed E-state index contributed by atoms with van der Waals surface area (Å²) in [5, 5.41) is -0.790. The van der Waals surface area contributed by atoms with E-state index in [9.17, 15) is 9.59 Å². The van der Waals surface area contributed by atoms with Crippen LogP contribution in [0.5, 0.6) is 0 Å². The van der Waals surface area contributed by atoms with Gasteiger partial charge < -0.3 is 5.73 Å². The van der Waals surface area contributed by atoms with Gasteiger partial charge in [-0.1, -0.05) is 12.1 Å². The highest BCUT2D eigenvalue weighted by molar-refractivity contribution is 8.00. The van der Waals surface area contributed by atoms with Gasteiger partial charge in [-0.25, -0.2) is 0 Å². The molecule has 5 nitrogen and oxygen atoms in total. The molecule has 8 heteroatoms. The number of hydrogen-bond donors (Lipinski definition) is 1. The van der Waals surface area contributed by atoms with E-state index in [1.807, 2.05) is 43.5 Å². The van der Waals surface area contributed by atoms with Gasteiger partial charge in [0, 0.05) is 24.8 Å². The standard InChI is InChI=1S/C16H17ClN3O2S.ClH/c1-10-5-2-3-7-19(10)8-4-6-11-9-23-16-12(18)15(22)20(16)13(11)14(17)21;/h2-7,12,16H,8-9,18H2,1H3;1H/q+1;/b6-4+;/t12-,16-;/m1./s1. The summed E-state index contributed by atoms with van der Waals surface area (Å²) in [6, 6.07) is 5.44. The molecule has 0 spiro atoms. The Hall–Kier alpha value is -1.34. The molecule has 0 bridgehead atoms. The van der Waals surface area contributed by atoms with Crippen molar-refractivity contribution in [1.82, 2.24) is 4.90 Å². The van der Waals surface area contributed by atoms with Crippen molar-refractivity contribution in [3.8, 4) is 0 Å². The number of thioether (sulfide) groups is 1. The maximum Gasteiger partial charge on any atom is 0.269 e. The molecule has 3 heterocycles. The molecule has 3 rings (SSSR count). The van der Waals surface area contributed by atoms with Gasteiger partial charge in [0.25, 0.3) is 5.24 Å². The number of nitrogens with two attached hydrogens (primary N) is 1. The second-order valence-corrected chi connectivity index (χ2v) is 6.93. The van der Waals surface area contributed by atoms with Crippen LogP contribution in [0.15, 0.2) is 47.8 Å². The summed E-state index contributed by atoms with van der Waals surface area (Å²) in [7, 11) is 0. The van der Waals surface area contributed by atoms with Crippen molar-refractivity contribution in [2.75, 3.05) is 5.75 Å². The van der Waals surface area contributed by atoms with Crippen LogP contribution in [0.1, 0.15) is 5.69 Å². The fourth-order valence-corrected chi connectivity index (χ4v) is 4.20. The average molecular weight is 387 g/mol. The van der Waals surface area contributed by atoms with Crippen LogP contribution in [0.3, 0.4) is 0 Å². The van der Waals surface area contributed by atoms with Gasteiger partial charge in [0.15, 0.2) is 18.4 Å². The van der Waals surface area contributed by atoms with Crippen LogP contribution in [0, 0.1) is 6.92 Å². The van der Waals surface area contributed by atoms with Crippen molar-refractivity contribution in [2.45, 2.75) is 24.9 Å². The van der Waals surface area contributed by atoms with Crippen LogP contribution in [-0.2, 0) is 16.1 Å². The predicted octanol–water partition coefficient (Wildman–Crippen LogP) is 1.52. The monoisotopic (exact) mass is 386 g/mol. The van der Waals surface area contributed by atoms with Gasteiger partial charge in [-0.3, -0.25) is 14.5 Å². The zero-order valence-electron chi connectivity index (χ0n) is 13.0. The third kappa shape index (κ3) is 3.37. The summed E-state index contributed by atoms with van der Waals surface area (Å²) in [6.07, 6.45) is 5.83. The molecule has 1 aromatic heterocycles. The van der Waals surface area contributed by atoms with Gasteiger partial charge in [0.2, 0.25) is 5.91 Å². The molecule has 0 radical (unpaired) electrons. The fraction of sp³-hybridized carbons (Fsp3) is 0.312. The first kappa shape index (κ1) is 19.0. The fourth-order valence-electron chi connectivity index (χ4n) is 2.72. The molecule has 2 aliphatic heterocycles. The number of aromatic nitrogens is 1. The molecule has 128 valence electrons. The lowest BCUT2D eigenvalue weighted by Crippen LogP contribution is -2.68. The third-order valence-electron chi connectivity index (χ3n) is 4.01. The number of pyridine rings is 1. The molecule has 2 aliphatic rings. The lowest BCUT2D eigenvalue weighted by Gasteiger charge is -2.48. The molecule has 1 aromatic rings. The van der Waals surface area contributed by atoms with Crippen LogP contribution < -0.4 is 10.3 Å². The number of carbonyl (C=O) groups is 2. The van der Waals surface area contributed by atoms with Crippen molar-refractivity contribution >= 4 is 46.9 Å². The van der Waals surface area contributed by atoms with Gasteiger partial charge in [0.05, 0.1) is 0 Å². The average Bonchev–Trinajstić information content (AvgIpc) is 2.55. The van der Waals surface area contributed by atoms with Crippen LogP contribution in [0.25, 0.3) is 0 Å². The Morgan fingerprint density at radius 2 is 2.29 bits per heavy atom. The van der Waals surface area contributed by atoms with E-state index in [4.69, 9.17) is 17.3 Å². The zero-order chi connectivity index (χ0) is 16.6. The number of rotatable bonds is 4. The summed E-state index contributed by atoms with van der Waals surface area (Å²) in [4.78, 5) is 25.1. The molecule has 1 amide bonds. The Morgan fingerprint density at radius 3 is 2.96 bits per heavy atom. The molecular weight excluding hydrogens is 369 g/mol. The maximum absolute atomic E-state index is 11.9. The summed E-state index contributed by atoms with van der Waals surface area (Å²) < 4.78 is 2.09. The minimum absolute atomic E-state index is 0. The topological polar surface area (TPSA) is 67.3 Å². The molecule has 1 fully saturated rings. The van der Waals surface area contributed by atoms with Crippen molar-refractivity contribution in [3.63, 3.8) is 0 Å². The largest absolute Gasteiger partial charge is 0.317 e. The number of aryl methyl sites for hydroxylation is 1. The van der Waals surface area contributed by atoms with Crippen LogP contribution in [-0.4, -0.2) is 33.2 Å². The van der Waals surface area contributed by atoms with Gasteiger partial charge in [-0.15, -0.1) is 24.2 Å². The first-order valence-electron chi connectivity index (χ1n) is 7.25. The zero-order valence-corrected chi connectivity index (χ0v) is 15.4. The van der Waals surface area contributed by atoms with E-state index < -0.39 is 11.3 Å². The maximum atomic E-state index is 11.9. The van der Waals surface area contributed by atoms with Gasteiger partial charge in [-0.2, -0.15) is 4.57 Å². The highest BCUT2D eigenvalue weighted by Gasteiger charge is 2.51. The van der Waals surface area contributed by atoms with E-state index >= 15 is 0 Å². The molecule has 0 aliphatic carbocycles. The van der Waals surface area contributed by atoms with E-state index in [0.717, 1.165) is 11.3 Å². The summed E-state index contributed by atoms with van der Waals surface area (Å²) in [5.41, 5.74) is 7.94. The number of amides is 1. The molecule has 2 atom stereocenters. The molecule has 24 heavy (non-hydrogen) atoms. The second-order valence-electron chi connectivity index (χ2n) is 5.48. The first-order chi connectivity index (χ1) is 11.0.